The Balaban J connectivity index is 1.62. The number of aromatic amines is 1. The summed E-state index contributed by atoms with van der Waals surface area (Å²) in [7, 11) is 0. The maximum atomic E-state index is 12.8. The van der Waals surface area contributed by atoms with Gasteiger partial charge in [0.15, 0.2) is 5.65 Å². The molecule has 8 heteroatoms. The number of anilines is 1. The first kappa shape index (κ1) is 15.4. The molecule has 4 heterocycles. The highest BCUT2D eigenvalue weighted by molar-refractivity contribution is 5.94. The fourth-order valence-electron chi connectivity index (χ4n) is 4.33. The van der Waals surface area contributed by atoms with Gasteiger partial charge in [-0.2, -0.15) is 5.10 Å². The first-order valence-corrected chi connectivity index (χ1v) is 9.14. The Morgan fingerprint density at radius 3 is 2.85 bits per heavy atom. The van der Waals surface area contributed by atoms with Crippen molar-refractivity contribution in [1.29, 1.82) is 0 Å². The van der Waals surface area contributed by atoms with E-state index in [9.17, 15) is 9.59 Å². The van der Waals surface area contributed by atoms with E-state index in [2.05, 4.69) is 20.5 Å². The van der Waals surface area contributed by atoms with Crippen molar-refractivity contribution in [1.82, 2.24) is 24.4 Å². The molecule has 134 valence electrons. The van der Waals surface area contributed by atoms with Crippen LogP contribution in [-0.2, 0) is 4.79 Å². The van der Waals surface area contributed by atoms with Gasteiger partial charge in [0.25, 0.3) is 5.56 Å². The zero-order valence-electron chi connectivity index (χ0n) is 14.3. The standard InChI is InChI=1S/C18H20N6O2/c25-15-9-13(11-6-7-23-14(8-11)19-10-20-23)16-17(21-15)24(22-18(16)26)12-4-2-1-3-5-12/h6-8,10,12-13H,1-5,9H2,(H,21,25)(H,22,26). The number of hydrogen-bond acceptors (Lipinski definition) is 4. The minimum Gasteiger partial charge on any atom is -0.311 e. The molecule has 0 aromatic carbocycles. The van der Waals surface area contributed by atoms with Crippen LogP contribution >= 0.6 is 0 Å². The monoisotopic (exact) mass is 352 g/mol. The van der Waals surface area contributed by atoms with Crippen molar-refractivity contribution < 1.29 is 4.79 Å². The molecule has 1 unspecified atom stereocenters. The molecule has 0 radical (unpaired) electrons. The van der Waals surface area contributed by atoms with Crippen LogP contribution in [0.2, 0.25) is 0 Å². The van der Waals surface area contributed by atoms with Gasteiger partial charge in [-0.1, -0.05) is 19.3 Å². The fraction of sp³-hybridized carbons (Fsp3) is 0.444. The number of amides is 1. The number of pyridine rings is 1. The lowest BCUT2D eigenvalue weighted by atomic mass is 9.87. The molecule has 1 amide bonds. The van der Waals surface area contributed by atoms with Gasteiger partial charge in [-0.3, -0.25) is 19.4 Å². The largest absolute Gasteiger partial charge is 0.311 e. The fourth-order valence-corrected chi connectivity index (χ4v) is 4.33. The highest BCUT2D eigenvalue weighted by atomic mass is 16.2. The number of nitrogens with one attached hydrogen (secondary N) is 2. The van der Waals surface area contributed by atoms with Crippen molar-refractivity contribution in [3.63, 3.8) is 0 Å². The topological polar surface area (TPSA) is 97.1 Å². The molecule has 26 heavy (non-hydrogen) atoms. The zero-order chi connectivity index (χ0) is 17.7. The summed E-state index contributed by atoms with van der Waals surface area (Å²) in [5.41, 5.74) is 2.16. The van der Waals surface area contributed by atoms with E-state index in [0.717, 1.165) is 31.2 Å². The van der Waals surface area contributed by atoms with Crippen LogP contribution in [0.1, 0.15) is 61.6 Å². The second-order valence-electron chi connectivity index (χ2n) is 7.19. The van der Waals surface area contributed by atoms with E-state index < -0.39 is 0 Å². The van der Waals surface area contributed by atoms with Crippen molar-refractivity contribution in [2.45, 2.75) is 50.5 Å². The number of aromatic nitrogens is 5. The van der Waals surface area contributed by atoms with Crippen LogP contribution < -0.4 is 10.9 Å². The quantitative estimate of drug-likeness (QED) is 0.739. The van der Waals surface area contributed by atoms with Gasteiger partial charge in [0.2, 0.25) is 5.91 Å². The molecule has 3 aromatic rings. The average molecular weight is 352 g/mol. The molecule has 1 saturated carbocycles. The summed E-state index contributed by atoms with van der Waals surface area (Å²) in [6.07, 6.45) is 9.17. The molecule has 1 fully saturated rings. The first-order valence-electron chi connectivity index (χ1n) is 9.14. The summed E-state index contributed by atoms with van der Waals surface area (Å²) in [5.74, 6) is 0.311. The molecule has 0 bridgehead atoms. The van der Waals surface area contributed by atoms with Gasteiger partial charge >= 0.3 is 0 Å². The molecule has 0 spiro atoms. The highest BCUT2D eigenvalue weighted by Crippen LogP contribution is 2.38. The minimum atomic E-state index is -0.269. The van der Waals surface area contributed by atoms with Crippen LogP contribution in [0.25, 0.3) is 5.65 Å². The van der Waals surface area contributed by atoms with Gasteiger partial charge in [-0.25, -0.2) is 9.50 Å². The van der Waals surface area contributed by atoms with Crippen LogP contribution in [0.3, 0.4) is 0 Å². The SMILES string of the molecule is O=C1CC(c2ccn3ncnc3c2)c2c(n(C3CCCCC3)[nH]c2=O)N1. The summed E-state index contributed by atoms with van der Waals surface area (Å²) in [5, 5.41) is 10.0. The molecular formula is C18H20N6O2. The lowest BCUT2D eigenvalue weighted by Gasteiger charge is -2.28. The van der Waals surface area contributed by atoms with Gasteiger partial charge in [0.05, 0.1) is 11.6 Å². The number of nitrogens with zero attached hydrogens (tertiary/aromatic N) is 4. The number of carbonyl (C=O) groups excluding carboxylic acids is 1. The third-order valence-corrected chi connectivity index (χ3v) is 5.61. The van der Waals surface area contributed by atoms with Gasteiger partial charge in [0.1, 0.15) is 12.1 Å². The molecule has 0 saturated heterocycles. The van der Waals surface area contributed by atoms with Crippen LogP contribution in [-0.4, -0.2) is 30.3 Å². The molecule has 1 aliphatic heterocycles. The number of H-pyrrole nitrogens is 1. The Bertz CT molecular complexity index is 1040. The van der Waals surface area contributed by atoms with E-state index in [1.54, 1.807) is 4.52 Å². The van der Waals surface area contributed by atoms with E-state index in [1.165, 1.54) is 12.7 Å². The second kappa shape index (κ2) is 5.82. The molecule has 1 aliphatic carbocycles. The summed E-state index contributed by atoms with van der Waals surface area (Å²) >= 11 is 0. The van der Waals surface area contributed by atoms with Crippen molar-refractivity contribution in [3.05, 3.63) is 46.1 Å². The molecule has 2 N–H and O–H groups in total. The minimum absolute atomic E-state index is 0.0626. The number of carbonyl (C=O) groups is 1. The van der Waals surface area contributed by atoms with Gasteiger partial charge < -0.3 is 5.32 Å². The van der Waals surface area contributed by atoms with Crippen LogP contribution in [0, 0.1) is 0 Å². The van der Waals surface area contributed by atoms with Gasteiger partial charge in [0, 0.05) is 18.5 Å². The zero-order valence-corrected chi connectivity index (χ0v) is 14.3. The third-order valence-electron chi connectivity index (χ3n) is 5.61. The maximum Gasteiger partial charge on any atom is 0.270 e. The van der Waals surface area contributed by atoms with Gasteiger partial charge in [-0.05, 0) is 30.5 Å². The Kier molecular flexibility index (Phi) is 3.44. The molecule has 8 nitrogen and oxygen atoms in total. The molecule has 5 rings (SSSR count). The van der Waals surface area contributed by atoms with E-state index in [1.807, 2.05) is 23.0 Å². The summed E-state index contributed by atoms with van der Waals surface area (Å²) in [4.78, 5) is 29.4. The summed E-state index contributed by atoms with van der Waals surface area (Å²) in [6.45, 7) is 0. The average Bonchev–Trinajstić information content (AvgIpc) is 3.25. The van der Waals surface area contributed by atoms with Crippen molar-refractivity contribution in [2.75, 3.05) is 5.32 Å². The Morgan fingerprint density at radius 2 is 2.00 bits per heavy atom. The predicted molar refractivity (Wildman–Crippen MR) is 95.3 cm³/mol. The number of rotatable bonds is 2. The normalized spacial score (nSPS) is 20.9. The lowest BCUT2D eigenvalue weighted by Crippen LogP contribution is -2.27. The molecule has 3 aromatic heterocycles. The lowest BCUT2D eigenvalue weighted by molar-refractivity contribution is -0.116. The van der Waals surface area contributed by atoms with E-state index in [4.69, 9.17) is 0 Å². The first-order chi connectivity index (χ1) is 12.7. The summed E-state index contributed by atoms with van der Waals surface area (Å²) < 4.78 is 3.57. The van der Waals surface area contributed by atoms with Crippen molar-refractivity contribution in [3.8, 4) is 0 Å². The van der Waals surface area contributed by atoms with Crippen molar-refractivity contribution >= 4 is 17.4 Å². The third kappa shape index (κ3) is 2.36. The maximum absolute atomic E-state index is 12.8. The number of hydrogen-bond donors (Lipinski definition) is 2. The molecular weight excluding hydrogens is 332 g/mol. The Morgan fingerprint density at radius 1 is 1.15 bits per heavy atom. The summed E-state index contributed by atoms with van der Waals surface area (Å²) in [6, 6.07) is 4.06. The molecule has 2 aliphatic rings. The van der Waals surface area contributed by atoms with Crippen LogP contribution in [0.15, 0.2) is 29.5 Å². The highest BCUT2D eigenvalue weighted by Gasteiger charge is 2.34. The van der Waals surface area contributed by atoms with Crippen LogP contribution in [0.4, 0.5) is 5.82 Å². The van der Waals surface area contributed by atoms with Crippen LogP contribution in [0.5, 0.6) is 0 Å². The predicted octanol–water partition coefficient (Wildman–Crippen LogP) is 2.20. The van der Waals surface area contributed by atoms with E-state index in [0.29, 0.717) is 17.0 Å². The van der Waals surface area contributed by atoms with E-state index in [-0.39, 0.29) is 29.8 Å². The van der Waals surface area contributed by atoms with E-state index >= 15 is 0 Å². The van der Waals surface area contributed by atoms with Gasteiger partial charge in [-0.15, -0.1) is 0 Å². The second-order valence-corrected chi connectivity index (χ2v) is 7.19. The smallest absolute Gasteiger partial charge is 0.270 e. The number of fused-ring (bicyclic) bond motifs is 2. The molecule has 1 atom stereocenters. The Hall–Kier alpha value is -2.90. The Labute approximate surface area is 149 Å². The van der Waals surface area contributed by atoms with Crippen molar-refractivity contribution in [2.24, 2.45) is 0 Å².